The van der Waals surface area contributed by atoms with Crippen LogP contribution in [0.2, 0.25) is 0 Å². The zero-order valence-electron chi connectivity index (χ0n) is 8.43. The van der Waals surface area contributed by atoms with E-state index >= 15 is 0 Å². The summed E-state index contributed by atoms with van der Waals surface area (Å²) in [6.45, 7) is 6.86. The van der Waals surface area contributed by atoms with E-state index in [2.05, 4.69) is 40.1 Å². The molecule has 0 N–H and O–H groups in total. The maximum Gasteiger partial charge on any atom is 0.0969 e. The van der Waals surface area contributed by atoms with Gasteiger partial charge in [-0.2, -0.15) is 0 Å². The minimum absolute atomic E-state index is 1.12. The van der Waals surface area contributed by atoms with E-state index in [9.17, 15) is 0 Å². The van der Waals surface area contributed by atoms with Crippen molar-refractivity contribution in [3.05, 3.63) is 12.2 Å². The fourth-order valence-corrected chi connectivity index (χ4v) is 1.22. The minimum atomic E-state index is 1.12. The Labute approximate surface area is 71.3 Å². The SMILES string of the molecule is CCC=CC[N+](C)(C)CCC. The van der Waals surface area contributed by atoms with E-state index in [4.69, 9.17) is 0 Å². The Morgan fingerprint density at radius 3 is 2.18 bits per heavy atom. The zero-order chi connectivity index (χ0) is 8.74. The van der Waals surface area contributed by atoms with Crippen molar-refractivity contribution in [1.29, 1.82) is 0 Å². The molecule has 0 radical (unpaired) electrons. The summed E-state index contributed by atoms with van der Waals surface area (Å²) in [5.74, 6) is 0. The quantitative estimate of drug-likeness (QED) is 0.423. The third-order valence-electron chi connectivity index (χ3n) is 1.83. The Hall–Kier alpha value is -0.300. The molecule has 0 heterocycles. The molecule has 1 heteroatoms. The number of quaternary nitrogens is 1. The lowest BCUT2D eigenvalue weighted by Crippen LogP contribution is -2.40. The molecule has 0 atom stereocenters. The van der Waals surface area contributed by atoms with Gasteiger partial charge in [-0.05, 0) is 18.9 Å². The van der Waals surface area contributed by atoms with Crippen molar-refractivity contribution in [2.45, 2.75) is 26.7 Å². The Morgan fingerprint density at radius 1 is 1.09 bits per heavy atom. The summed E-state index contributed by atoms with van der Waals surface area (Å²) in [5, 5.41) is 0. The molecule has 66 valence electrons. The molecule has 0 saturated carbocycles. The molecule has 11 heavy (non-hydrogen) atoms. The maximum atomic E-state index is 2.29. The molecule has 0 rings (SSSR count). The standard InChI is InChI=1S/C10H22N/c1-5-7-8-10-11(3,4)9-6-2/h7-8H,5-6,9-10H2,1-4H3/q+1. The molecule has 1 nitrogen and oxygen atoms in total. The molecule has 0 aliphatic carbocycles. The molecule has 0 aliphatic rings. The van der Waals surface area contributed by atoms with Crippen molar-refractivity contribution in [3.63, 3.8) is 0 Å². The van der Waals surface area contributed by atoms with Crippen LogP contribution < -0.4 is 0 Å². The normalized spacial score (nSPS) is 12.7. The highest BCUT2D eigenvalue weighted by Crippen LogP contribution is 1.99. The second-order valence-electron chi connectivity index (χ2n) is 3.72. The number of allylic oxidation sites excluding steroid dienone is 1. The van der Waals surface area contributed by atoms with Crippen LogP contribution >= 0.6 is 0 Å². The predicted molar refractivity (Wildman–Crippen MR) is 51.6 cm³/mol. The second kappa shape index (κ2) is 5.36. The second-order valence-corrected chi connectivity index (χ2v) is 3.72. The highest BCUT2D eigenvalue weighted by molar-refractivity contribution is 4.79. The first-order chi connectivity index (χ1) is 5.12. The van der Waals surface area contributed by atoms with Crippen LogP contribution in [0.5, 0.6) is 0 Å². The van der Waals surface area contributed by atoms with E-state index in [1.165, 1.54) is 19.5 Å². The first-order valence-corrected chi connectivity index (χ1v) is 4.59. The highest BCUT2D eigenvalue weighted by atomic mass is 15.3. The predicted octanol–water partition coefficient (Wildman–Crippen LogP) is 2.44. The third-order valence-corrected chi connectivity index (χ3v) is 1.83. The molecule has 0 fully saturated rings. The van der Waals surface area contributed by atoms with Crippen LogP contribution in [0.4, 0.5) is 0 Å². The number of hydrogen-bond donors (Lipinski definition) is 0. The van der Waals surface area contributed by atoms with Crippen LogP contribution in [-0.2, 0) is 0 Å². The van der Waals surface area contributed by atoms with Gasteiger partial charge in [0.2, 0.25) is 0 Å². The summed E-state index contributed by atoms with van der Waals surface area (Å²) >= 11 is 0. The van der Waals surface area contributed by atoms with Crippen molar-refractivity contribution in [3.8, 4) is 0 Å². The van der Waals surface area contributed by atoms with E-state index in [-0.39, 0.29) is 0 Å². The van der Waals surface area contributed by atoms with Crippen molar-refractivity contribution >= 4 is 0 Å². The summed E-state index contributed by atoms with van der Waals surface area (Å²) in [4.78, 5) is 0. The van der Waals surface area contributed by atoms with Crippen LogP contribution in [0, 0.1) is 0 Å². The molecular formula is C10H22N+. The molecule has 0 unspecified atom stereocenters. The average Bonchev–Trinajstić information content (AvgIpc) is 1.87. The summed E-state index contributed by atoms with van der Waals surface area (Å²) in [7, 11) is 4.56. The Morgan fingerprint density at radius 2 is 1.73 bits per heavy atom. The average molecular weight is 156 g/mol. The van der Waals surface area contributed by atoms with Crippen LogP contribution in [-0.4, -0.2) is 31.7 Å². The van der Waals surface area contributed by atoms with Crippen LogP contribution in [0.25, 0.3) is 0 Å². The van der Waals surface area contributed by atoms with Gasteiger partial charge in [-0.3, -0.25) is 0 Å². The van der Waals surface area contributed by atoms with E-state index in [1.807, 2.05) is 0 Å². The molecular weight excluding hydrogens is 134 g/mol. The van der Waals surface area contributed by atoms with Gasteiger partial charge in [0, 0.05) is 0 Å². The third kappa shape index (κ3) is 6.11. The Bertz CT molecular complexity index is 114. The van der Waals surface area contributed by atoms with Gasteiger partial charge in [-0.1, -0.05) is 19.9 Å². The van der Waals surface area contributed by atoms with Crippen molar-refractivity contribution in [1.82, 2.24) is 0 Å². The van der Waals surface area contributed by atoms with E-state index < -0.39 is 0 Å². The lowest BCUT2D eigenvalue weighted by molar-refractivity contribution is -0.884. The van der Waals surface area contributed by atoms with Crippen molar-refractivity contribution in [2.75, 3.05) is 27.2 Å². The summed E-state index contributed by atoms with van der Waals surface area (Å²) in [6.07, 6.45) is 6.96. The first kappa shape index (κ1) is 10.7. The monoisotopic (exact) mass is 156 g/mol. The van der Waals surface area contributed by atoms with Gasteiger partial charge < -0.3 is 4.48 Å². The topological polar surface area (TPSA) is 0 Å². The van der Waals surface area contributed by atoms with Crippen molar-refractivity contribution < 1.29 is 4.48 Å². The van der Waals surface area contributed by atoms with Crippen molar-refractivity contribution in [2.24, 2.45) is 0 Å². The number of nitrogens with zero attached hydrogens (tertiary/aromatic N) is 1. The molecule has 0 aromatic rings. The van der Waals surface area contributed by atoms with E-state index in [0.717, 1.165) is 10.9 Å². The number of hydrogen-bond acceptors (Lipinski definition) is 0. The number of rotatable bonds is 5. The minimum Gasteiger partial charge on any atom is -0.325 e. The van der Waals surface area contributed by atoms with Crippen LogP contribution in [0.15, 0.2) is 12.2 Å². The smallest absolute Gasteiger partial charge is 0.0969 e. The molecule has 0 aromatic carbocycles. The summed E-state index contributed by atoms with van der Waals surface area (Å²) < 4.78 is 1.12. The zero-order valence-corrected chi connectivity index (χ0v) is 8.43. The van der Waals surface area contributed by atoms with Gasteiger partial charge >= 0.3 is 0 Å². The fraction of sp³-hybridized carbons (Fsp3) is 0.800. The van der Waals surface area contributed by atoms with E-state index in [0.29, 0.717) is 0 Å². The lowest BCUT2D eigenvalue weighted by atomic mass is 10.3. The van der Waals surface area contributed by atoms with Gasteiger partial charge in [-0.25, -0.2) is 0 Å². The first-order valence-electron chi connectivity index (χ1n) is 4.59. The lowest BCUT2D eigenvalue weighted by Gasteiger charge is -2.27. The summed E-state index contributed by atoms with van der Waals surface area (Å²) in [6, 6.07) is 0. The van der Waals surface area contributed by atoms with Crippen LogP contribution in [0.1, 0.15) is 26.7 Å². The Balaban J connectivity index is 3.62. The van der Waals surface area contributed by atoms with Gasteiger partial charge in [-0.15, -0.1) is 0 Å². The van der Waals surface area contributed by atoms with Gasteiger partial charge in [0.05, 0.1) is 27.2 Å². The van der Waals surface area contributed by atoms with Gasteiger partial charge in [0.1, 0.15) is 0 Å². The van der Waals surface area contributed by atoms with Gasteiger partial charge in [0.15, 0.2) is 0 Å². The maximum absolute atomic E-state index is 2.29. The molecule has 0 amide bonds. The number of likely N-dealkylation sites (N-methyl/N-ethyl adjacent to an activating group) is 1. The molecule has 0 aromatic heterocycles. The largest absolute Gasteiger partial charge is 0.325 e. The molecule has 0 aliphatic heterocycles. The molecule has 0 saturated heterocycles. The van der Waals surface area contributed by atoms with Crippen LogP contribution in [0.3, 0.4) is 0 Å². The fourth-order valence-electron chi connectivity index (χ4n) is 1.22. The van der Waals surface area contributed by atoms with E-state index in [1.54, 1.807) is 0 Å². The Kier molecular flexibility index (Phi) is 5.22. The van der Waals surface area contributed by atoms with Gasteiger partial charge in [0.25, 0.3) is 0 Å². The summed E-state index contributed by atoms with van der Waals surface area (Å²) in [5.41, 5.74) is 0. The molecule has 0 spiro atoms. The molecule has 0 bridgehead atoms. The highest BCUT2D eigenvalue weighted by Gasteiger charge is 2.09.